The summed E-state index contributed by atoms with van der Waals surface area (Å²) in [7, 11) is 3.57. The maximum absolute atomic E-state index is 13.2. The summed E-state index contributed by atoms with van der Waals surface area (Å²) in [5.41, 5.74) is 3.28. The molecule has 0 fully saturated rings. The van der Waals surface area contributed by atoms with Gasteiger partial charge in [0.25, 0.3) is 0 Å². The van der Waals surface area contributed by atoms with Crippen molar-refractivity contribution in [2.45, 2.75) is 6.54 Å². The zero-order chi connectivity index (χ0) is 18.8. The molecule has 2 aromatic heterocycles. The highest BCUT2D eigenvalue weighted by atomic mass is 19.1. The summed E-state index contributed by atoms with van der Waals surface area (Å²) in [6.45, 7) is 0.737. The smallest absolute Gasteiger partial charge is 0.243 e. The van der Waals surface area contributed by atoms with Gasteiger partial charge in [-0.2, -0.15) is 4.52 Å². The molecule has 4 aromatic rings. The molecule has 0 N–H and O–H groups in total. The Morgan fingerprint density at radius 2 is 1.74 bits per heavy atom. The predicted octanol–water partition coefficient (Wildman–Crippen LogP) is 4.18. The normalized spacial score (nSPS) is 10.9. The van der Waals surface area contributed by atoms with Crippen LogP contribution in [0.25, 0.3) is 16.9 Å². The summed E-state index contributed by atoms with van der Waals surface area (Å²) in [6, 6.07) is 20.2. The van der Waals surface area contributed by atoms with E-state index < -0.39 is 0 Å². The van der Waals surface area contributed by atoms with E-state index in [2.05, 4.69) is 27.1 Å². The summed E-state index contributed by atoms with van der Waals surface area (Å²) in [6.07, 6.45) is 0. The van der Waals surface area contributed by atoms with Gasteiger partial charge < -0.3 is 9.64 Å². The van der Waals surface area contributed by atoms with Gasteiger partial charge in [-0.3, -0.25) is 0 Å². The van der Waals surface area contributed by atoms with E-state index in [1.165, 1.54) is 17.7 Å². The van der Waals surface area contributed by atoms with Gasteiger partial charge >= 0.3 is 0 Å². The van der Waals surface area contributed by atoms with Crippen LogP contribution in [0.1, 0.15) is 5.56 Å². The SMILES string of the molecule is COc1c(-c2ccc(F)cc2)nc2ccc(N(C)Cc3ccccc3)nn12. The second-order valence-corrected chi connectivity index (χ2v) is 6.28. The number of nitrogens with zero attached hydrogens (tertiary/aromatic N) is 4. The zero-order valence-corrected chi connectivity index (χ0v) is 15.1. The molecule has 0 amide bonds. The van der Waals surface area contributed by atoms with Crippen LogP contribution in [0.2, 0.25) is 0 Å². The first-order valence-corrected chi connectivity index (χ1v) is 8.60. The van der Waals surface area contributed by atoms with Crippen molar-refractivity contribution in [3.8, 4) is 17.1 Å². The zero-order valence-electron chi connectivity index (χ0n) is 15.1. The Labute approximate surface area is 156 Å². The van der Waals surface area contributed by atoms with Gasteiger partial charge in [-0.1, -0.05) is 30.3 Å². The van der Waals surface area contributed by atoms with E-state index in [1.54, 1.807) is 23.8 Å². The number of halogens is 1. The van der Waals surface area contributed by atoms with Gasteiger partial charge in [0.2, 0.25) is 5.88 Å². The number of benzene rings is 2. The predicted molar refractivity (Wildman–Crippen MR) is 103 cm³/mol. The van der Waals surface area contributed by atoms with Crippen molar-refractivity contribution in [2.75, 3.05) is 19.1 Å². The maximum Gasteiger partial charge on any atom is 0.243 e. The molecule has 0 radical (unpaired) electrons. The fourth-order valence-electron chi connectivity index (χ4n) is 3.02. The van der Waals surface area contributed by atoms with E-state index >= 15 is 0 Å². The second kappa shape index (κ2) is 7.07. The summed E-state index contributed by atoms with van der Waals surface area (Å²) < 4.78 is 20.5. The lowest BCUT2D eigenvalue weighted by molar-refractivity contribution is 0.389. The average Bonchev–Trinajstić information content (AvgIpc) is 3.07. The number of fused-ring (bicyclic) bond motifs is 1. The van der Waals surface area contributed by atoms with Crippen LogP contribution in [0.15, 0.2) is 66.7 Å². The van der Waals surface area contributed by atoms with Crippen molar-refractivity contribution in [1.29, 1.82) is 0 Å². The standard InChI is InChI=1S/C21H19FN4O/c1-25(14-15-6-4-3-5-7-15)19-13-12-18-23-20(21(27-2)26(18)24-19)16-8-10-17(22)11-9-16/h3-13H,14H2,1-2H3. The van der Waals surface area contributed by atoms with Crippen LogP contribution in [-0.4, -0.2) is 28.8 Å². The molecule has 0 aliphatic heterocycles. The Morgan fingerprint density at radius 3 is 2.44 bits per heavy atom. The Morgan fingerprint density at radius 1 is 1.00 bits per heavy atom. The average molecular weight is 362 g/mol. The number of hydrogen-bond donors (Lipinski definition) is 0. The fraction of sp³-hybridized carbons (Fsp3) is 0.143. The van der Waals surface area contributed by atoms with Crippen molar-refractivity contribution >= 4 is 11.5 Å². The van der Waals surface area contributed by atoms with Crippen LogP contribution in [-0.2, 0) is 6.54 Å². The van der Waals surface area contributed by atoms with Crippen LogP contribution in [0.5, 0.6) is 5.88 Å². The summed E-state index contributed by atoms with van der Waals surface area (Å²) in [5, 5.41) is 4.69. The van der Waals surface area contributed by atoms with Crippen molar-refractivity contribution < 1.29 is 9.13 Å². The van der Waals surface area contributed by atoms with Crippen LogP contribution < -0.4 is 9.64 Å². The minimum Gasteiger partial charge on any atom is -0.479 e. The minimum absolute atomic E-state index is 0.288. The van der Waals surface area contributed by atoms with Gasteiger partial charge in [0.05, 0.1) is 7.11 Å². The van der Waals surface area contributed by atoms with Crippen molar-refractivity contribution in [3.63, 3.8) is 0 Å². The van der Waals surface area contributed by atoms with E-state index in [-0.39, 0.29) is 5.82 Å². The molecule has 0 atom stereocenters. The minimum atomic E-state index is -0.288. The van der Waals surface area contributed by atoms with Gasteiger partial charge in [-0.15, -0.1) is 5.10 Å². The highest BCUT2D eigenvalue weighted by Crippen LogP contribution is 2.30. The number of anilines is 1. The van der Waals surface area contributed by atoms with Gasteiger partial charge in [-0.25, -0.2) is 9.37 Å². The Balaban J connectivity index is 1.72. The number of rotatable bonds is 5. The lowest BCUT2D eigenvalue weighted by Gasteiger charge is -2.18. The van der Waals surface area contributed by atoms with Crippen LogP contribution in [0, 0.1) is 5.82 Å². The molecule has 5 nitrogen and oxygen atoms in total. The number of aromatic nitrogens is 3. The molecule has 6 heteroatoms. The van der Waals surface area contributed by atoms with E-state index in [0.717, 1.165) is 17.9 Å². The van der Waals surface area contributed by atoms with E-state index in [4.69, 9.17) is 4.74 Å². The topological polar surface area (TPSA) is 42.7 Å². The van der Waals surface area contributed by atoms with Crippen LogP contribution in [0.3, 0.4) is 0 Å². The second-order valence-electron chi connectivity index (χ2n) is 6.28. The summed E-state index contributed by atoms with van der Waals surface area (Å²) >= 11 is 0. The molecule has 27 heavy (non-hydrogen) atoms. The monoisotopic (exact) mass is 362 g/mol. The molecule has 2 aromatic carbocycles. The molecule has 0 aliphatic carbocycles. The molecule has 0 unspecified atom stereocenters. The molecule has 0 saturated carbocycles. The largest absolute Gasteiger partial charge is 0.479 e. The van der Waals surface area contributed by atoms with Crippen LogP contribution >= 0.6 is 0 Å². The molecule has 0 bridgehead atoms. The Bertz CT molecular complexity index is 1060. The van der Waals surface area contributed by atoms with E-state index in [9.17, 15) is 4.39 Å². The maximum atomic E-state index is 13.2. The first kappa shape index (κ1) is 17.0. The number of ether oxygens (including phenoxy) is 1. The third-order valence-electron chi connectivity index (χ3n) is 4.39. The van der Waals surface area contributed by atoms with Crippen molar-refractivity contribution in [3.05, 3.63) is 78.1 Å². The first-order valence-electron chi connectivity index (χ1n) is 8.60. The highest BCUT2D eigenvalue weighted by molar-refractivity contribution is 5.69. The molecule has 136 valence electrons. The van der Waals surface area contributed by atoms with E-state index in [1.807, 2.05) is 37.4 Å². The lowest BCUT2D eigenvalue weighted by atomic mass is 10.1. The first-order chi connectivity index (χ1) is 13.2. The number of imidazole rings is 1. The van der Waals surface area contributed by atoms with Crippen molar-refractivity contribution in [2.24, 2.45) is 0 Å². The molecule has 0 spiro atoms. The molecular formula is C21H19FN4O. The van der Waals surface area contributed by atoms with Crippen LogP contribution in [0.4, 0.5) is 10.2 Å². The van der Waals surface area contributed by atoms with Gasteiger partial charge in [0, 0.05) is 19.2 Å². The summed E-state index contributed by atoms with van der Waals surface area (Å²) in [4.78, 5) is 6.66. The quantitative estimate of drug-likeness (QED) is 0.534. The Kier molecular flexibility index (Phi) is 4.46. The molecule has 0 aliphatic rings. The molecule has 0 saturated heterocycles. The third-order valence-corrected chi connectivity index (χ3v) is 4.39. The fourth-order valence-corrected chi connectivity index (χ4v) is 3.02. The number of hydrogen-bond acceptors (Lipinski definition) is 4. The number of methoxy groups -OCH3 is 1. The van der Waals surface area contributed by atoms with E-state index in [0.29, 0.717) is 17.2 Å². The van der Waals surface area contributed by atoms with Gasteiger partial charge in [0.15, 0.2) is 5.65 Å². The highest BCUT2D eigenvalue weighted by Gasteiger charge is 2.17. The molecule has 2 heterocycles. The lowest BCUT2D eigenvalue weighted by Crippen LogP contribution is -2.18. The van der Waals surface area contributed by atoms with Gasteiger partial charge in [-0.05, 0) is 42.0 Å². The van der Waals surface area contributed by atoms with Gasteiger partial charge in [0.1, 0.15) is 17.3 Å². The summed E-state index contributed by atoms with van der Waals surface area (Å²) in [5.74, 6) is 1.03. The third kappa shape index (κ3) is 3.33. The molecule has 4 rings (SSSR count). The molecular weight excluding hydrogens is 343 g/mol. The Hall–Kier alpha value is -3.41. The van der Waals surface area contributed by atoms with Crippen molar-refractivity contribution in [1.82, 2.24) is 14.6 Å².